The van der Waals surface area contributed by atoms with Gasteiger partial charge in [0.15, 0.2) is 5.60 Å². The molecule has 3 aliphatic rings. The highest BCUT2D eigenvalue weighted by Crippen LogP contribution is 2.45. The number of hydrogen-bond donors (Lipinski definition) is 0. The highest BCUT2D eigenvalue weighted by Gasteiger charge is 2.52. The number of ether oxygens (including phenoxy) is 1. The molecule has 0 unspecified atom stereocenters. The summed E-state index contributed by atoms with van der Waals surface area (Å²) >= 11 is 0. The normalized spacial score (nSPS) is 26.6. The zero-order valence-corrected chi connectivity index (χ0v) is 15.8. The second-order valence-corrected chi connectivity index (χ2v) is 7.40. The minimum absolute atomic E-state index is 0.0404. The molecule has 6 heteroatoms. The number of nitrogens with zero attached hydrogens (tertiary/aromatic N) is 2. The number of carbonyl (C=O) groups is 1. The van der Waals surface area contributed by atoms with Crippen LogP contribution in [0.2, 0.25) is 0 Å². The number of hydrogen-bond acceptors (Lipinski definition) is 5. The number of nitro benzene ring substituents is 1. The molecule has 3 heterocycles. The van der Waals surface area contributed by atoms with Crippen molar-refractivity contribution >= 4 is 11.7 Å². The molecule has 3 aliphatic heterocycles. The summed E-state index contributed by atoms with van der Waals surface area (Å²) in [7, 11) is 0. The van der Waals surface area contributed by atoms with Gasteiger partial charge in [0.2, 0.25) is 0 Å². The van der Waals surface area contributed by atoms with Crippen molar-refractivity contribution in [1.82, 2.24) is 4.90 Å². The molecule has 0 aromatic heterocycles. The molecule has 0 amide bonds. The van der Waals surface area contributed by atoms with Crippen molar-refractivity contribution in [2.24, 2.45) is 0 Å². The molecular weight excluding hydrogens is 356 g/mol. The Labute approximate surface area is 164 Å². The monoisotopic (exact) mass is 378 g/mol. The topological polar surface area (TPSA) is 72.7 Å². The first-order valence-corrected chi connectivity index (χ1v) is 9.70. The van der Waals surface area contributed by atoms with Crippen LogP contribution in [0.25, 0.3) is 0 Å². The second-order valence-electron chi connectivity index (χ2n) is 7.40. The Morgan fingerprint density at radius 2 is 2.07 bits per heavy atom. The lowest BCUT2D eigenvalue weighted by Crippen LogP contribution is -2.55. The molecule has 0 N–H and O–H groups in total. The van der Waals surface area contributed by atoms with E-state index < -0.39 is 10.5 Å². The molecule has 0 spiro atoms. The summed E-state index contributed by atoms with van der Waals surface area (Å²) in [5.74, 6) is 5.99. The van der Waals surface area contributed by atoms with Crippen LogP contribution >= 0.6 is 0 Å². The molecule has 0 aliphatic carbocycles. The third kappa shape index (κ3) is 3.12. The van der Waals surface area contributed by atoms with E-state index in [1.165, 1.54) is 12.1 Å². The number of carbonyl (C=O) groups excluding carboxylic acids is 1. The van der Waals surface area contributed by atoms with Crippen molar-refractivity contribution in [3.63, 3.8) is 0 Å². The molecule has 1 aromatic rings. The number of fused-ring (bicyclic) bond motifs is 3. The minimum atomic E-state index is -0.635. The number of rotatable bonds is 2. The van der Waals surface area contributed by atoms with Gasteiger partial charge in [0, 0.05) is 41.5 Å². The third-order valence-corrected chi connectivity index (χ3v) is 5.92. The summed E-state index contributed by atoms with van der Waals surface area (Å²) in [6.07, 6.45) is 7.69. The van der Waals surface area contributed by atoms with Crippen LogP contribution in [-0.2, 0) is 9.53 Å². The van der Waals surface area contributed by atoms with Crippen LogP contribution in [0, 0.1) is 22.0 Å². The van der Waals surface area contributed by atoms with Crippen molar-refractivity contribution < 1.29 is 14.5 Å². The fraction of sp³-hybridized carbons (Fsp3) is 0.409. The fourth-order valence-electron chi connectivity index (χ4n) is 4.54. The summed E-state index contributed by atoms with van der Waals surface area (Å²) in [6, 6.07) is 6.36. The van der Waals surface area contributed by atoms with E-state index in [9.17, 15) is 14.9 Å². The van der Waals surface area contributed by atoms with Gasteiger partial charge in [-0.05, 0) is 37.9 Å². The van der Waals surface area contributed by atoms with E-state index in [1.807, 2.05) is 0 Å². The Morgan fingerprint density at radius 3 is 2.79 bits per heavy atom. The molecule has 144 valence electrons. The van der Waals surface area contributed by atoms with Crippen LogP contribution in [0.4, 0.5) is 5.69 Å². The first-order valence-electron chi connectivity index (χ1n) is 9.70. The van der Waals surface area contributed by atoms with E-state index in [0.717, 1.165) is 43.5 Å². The van der Waals surface area contributed by atoms with E-state index in [-0.39, 0.29) is 17.7 Å². The lowest BCUT2D eigenvalue weighted by Gasteiger charge is -2.44. The zero-order valence-electron chi connectivity index (χ0n) is 15.8. The number of nitro groups is 1. The summed E-state index contributed by atoms with van der Waals surface area (Å²) in [5, 5.41) is 10.8. The molecule has 1 saturated heterocycles. The Morgan fingerprint density at radius 1 is 1.29 bits per heavy atom. The molecule has 1 aromatic carbocycles. The van der Waals surface area contributed by atoms with Crippen molar-refractivity contribution in [3.8, 4) is 11.8 Å². The standard InChI is InChI=1S/C22H22N2O4/c1-2-22-19(15-21(25)28-22)17(12-14-23-13-4-3-5-20(22)23)9-6-16-7-10-18(11-8-16)24(26)27/h7-8,10-12,15,20H,2-5,13-14H2,1H3/t20-,22+/m1/s1. The predicted octanol–water partition coefficient (Wildman–Crippen LogP) is 3.37. The van der Waals surface area contributed by atoms with Crippen molar-refractivity contribution in [2.75, 3.05) is 13.1 Å². The van der Waals surface area contributed by atoms with E-state index in [4.69, 9.17) is 4.74 Å². The van der Waals surface area contributed by atoms with Gasteiger partial charge in [-0.3, -0.25) is 15.0 Å². The molecule has 4 rings (SSSR count). The van der Waals surface area contributed by atoms with Gasteiger partial charge in [-0.1, -0.05) is 31.3 Å². The summed E-state index contributed by atoms with van der Waals surface area (Å²) < 4.78 is 5.92. The number of benzene rings is 1. The van der Waals surface area contributed by atoms with Gasteiger partial charge in [-0.2, -0.15) is 0 Å². The minimum Gasteiger partial charge on any atom is -0.449 e. The van der Waals surface area contributed by atoms with Gasteiger partial charge >= 0.3 is 5.97 Å². The molecule has 1 fully saturated rings. The van der Waals surface area contributed by atoms with Gasteiger partial charge in [0.1, 0.15) is 0 Å². The highest BCUT2D eigenvalue weighted by molar-refractivity contribution is 5.89. The van der Waals surface area contributed by atoms with Gasteiger partial charge in [0.25, 0.3) is 5.69 Å². The van der Waals surface area contributed by atoms with Gasteiger partial charge in [-0.25, -0.2) is 4.79 Å². The molecule has 0 saturated carbocycles. The highest BCUT2D eigenvalue weighted by atomic mass is 16.6. The largest absolute Gasteiger partial charge is 0.449 e. The Bertz CT molecular complexity index is 936. The Balaban J connectivity index is 1.71. The van der Waals surface area contributed by atoms with Crippen molar-refractivity contribution in [1.29, 1.82) is 0 Å². The lowest BCUT2D eigenvalue weighted by molar-refractivity contribution is -0.384. The maximum absolute atomic E-state index is 12.2. The van der Waals surface area contributed by atoms with E-state index in [0.29, 0.717) is 12.0 Å². The quantitative estimate of drug-likeness (QED) is 0.341. The second kappa shape index (κ2) is 7.25. The van der Waals surface area contributed by atoms with Crippen molar-refractivity contribution in [3.05, 3.63) is 63.2 Å². The van der Waals surface area contributed by atoms with Crippen LogP contribution < -0.4 is 0 Å². The smallest absolute Gasteiger partial charge is 0.332 e. The molecule has 0 bridgehead atoms. The molecule has 6 nitrogen and oxygen atoms in total. The van der Waals surface area contributed by atoms with Crippen LogP contribution in [0.5, 0.6) is 0 Å². The van der Waals surface area contributed by atoms with Gasteiger partial charge in [-0.15, -0.1) is 0 Å². The number of piperidine rings is 1. The first kappa shape index (κ1) is 18.5. The van der Waals surface area contributed by atoms with Gasteiger partial charge < -0.3 is 4.74 Å². The SMILES string of the molecule is CC[C@]12OC(=O)C=C1C(C#Cc1ccc([N+](=O)[O-])cc1)=CCN1CCCC[C@@H]12. The maximum Gasteiger partial charge on any atom is 0.332 e. The summed E-state index contributed by atoms with van der Waals surface area (Å²) in [4.78, 5) is 25.0. The van der Waals surface area contributed by atoms with Crippen LogP contribution in [0.1, 0.15) is 38.2 Å². The number of esters is 1. The van der Waals surface area contributed by atoms with Gasteiger partial charge in [0.05, 0.1) is 11.0 Å². The van der Waals surface area contributed by atoms with E-state index >= 15 is 0 Å². The molecule has 28 heavy (non-hydrogen) atoms. The molecule has 2 atom stereocenters. The first-order chi connectivity index (χ1) is 13.5. The number of non-ortho nitro benzene ring substituents is 1. The van der Waals surface area contributed by atoms with E-state index in [2.05, 4.69) is 29.7 Å². The Hall–Kier alpha value is -2.91. The average molecular weight is 378 g/mol. The zero-order chi connectivity index (χ0) is 19.7. The molecular formula is C22H22N2O4. The average Bonchev–Trinajstić information content (AvgIpc) is 3.00. The Kier molecular flexibility index (Phi) is 4.78. The summed E-state index contributed by atoms with van der Waals surface area (Å²) in [5.41, 5.74) is 1.80. The van der Waals surface area contributed by atoms with Crippen LogP contribution in [0.3, 0.4) is 0 Å². The molecule has 0 radical (unpaired) electrons. The predicted molar refractivity (Wildman–Crippen MR) is 104 cm³/mol. The van der Waals surface area contributed by atoms with E-state index in [1.54, 1.807) is 18.2 Å². The van der Waals surface area contributed by atoms with Crippen LogP contribution in [-0.4, -0.2) is 40.5 Å². The van der Waals surface area contributed by atoms with Crippen molar-refractivity contribution in [2.45, 2.75) is 44.2 Å². The third-order valence-electron chi connectivity index (χ3n) is 5.92. The van der Waals surface area contributed by atoms with Crippen LogP contribution in [0.15, 0.2) is 47.6 Å². The maximum atomic E-state index is 12.2. The lowest BCUT2D eigenvalue weighted by atomic mass is 9.78. The fourth-order valence-corrected chi connectivity index (χ4v) is 4.54. The summed E-state index contributed by atoms with van der Waals surface area (Å²) in [6.45, 7) is 3.84.